The molecule has 2 aliphatic rings. The highest BCUT2D eigenvalue weighted by atomic mass is 35.5. The first kappa shape index (κ1) is 22.3. The van der Waals surface area contributed by atoms with Gasteiger partial charge in [0.1, 0.15) is 11.2 Å². The van der Waals surface area contributed by atoms with E-state index in [1.54, 1.807) is 42.2 Å². The van der Waals surface area contributed by atoms with Crippen LogP contribution in [0.4, 0.5) is 10.1 Å². The Kier molecular flexibility index (Phi) is 6.20. The summed E-state index contributed by atoms with van der Waals surface area (Å²) >= 11 is 5.86. The first-order valence-electron chi connectivity index (χ1n) is 10.7. The molecule has 1 heterocycles. The zero-order valence-corrected chi connectivity index (χ0v) is 18.5. The van der Waals surface area contributed by atoms with Gasteiger partial charge in [-0.2, -0.15) is 0 Å². The molecule has 2 N–H and O–H groups in total. The number of nitrogens with one attached hydrogen (secondary N) is 2. The van der Waals surface area contributed by atoms with E-state index < -0.39 is 17.1 Å². The number of amides is 3. The Morgan fingerprint density at radius 2 is 2.00 bits per heavy atom. The minimum absolute atomic E-state index is 0.0655. The molecule has 168 valence electrons. The van der Waals surface area contributed by atoms with E-state index in [2.05, 4.69) is 10.6 Å². The van der Waals surface area contributed by atoms with Gasteiger partial charge >= 0.3 is 0 Å². The number of hydrogen-bond acceptors (Lipinski definition) is 3. The molecule has 3 amide bonds. The molecule has 1 atom stereocenters. The van der Waals surface area contributed by atoms with Crippen LogP contribution >= 0.6 is 11.6 Å². The van der Waals surface area contributed by atoms with Crippen LogP contribution in [0.2, 0.25) is 5.02 Å². The highest BCUT2D eigenvalue weighted by molar-refractivity contribution is 6.30. The molecule has 2 aromatic carbocycles. The first-order chi connectivity index (χ1) is 15.3. The van der Waals surface area contributed by atoms with Gasteiger partial charge in [0.15, 0.2) is 0 Å². The van der Waals surface area contributed by atoms with Crippen molar-refractivity contribution in [1.29, 1.82) is 0 Å². The Bertz CT molecular complexity index is 1050. The first-order valence-corrected chi connectivity index (χ1v) is 11.1. The maximum Gasteiger partial charge on any atom is 0.251 e. The smallest absolute Gasteiger partial charge is 0.251 e. The van der Waals surface area contributed by atoms with Crippen molar-refractivity contribution in [2.75, 3.05) is 11.4 Å². The van der Waals surface area contributed by atoms with Crippen molar-refractivity contribution in [2.24, 2.45) is 5.41 Å². The molecule has 0 bridgehead atoms. The standard InChI is InChI=1S/C24H25ClFN3O3/c1-24(22(31)27-14-15-10-17(25)13-18(26)11-15)8-9-29(23(24)32)20-7-2-4-16(12-20)21(30)28-19-5-3-6-19/h2,4,7,10-13,19H,3,5-6,8-9,14H2,1H3,(H,27,31)(H,28,30). The average molecular weight is 458 g/mol. The summed E-state index contributed by atoms with van der Waals surface area (Å²) in [6, 6.07) is 11.2. The molecule has 1 saturated heterocycles. The predicted molar refractivity (Wildman–Crippen MR) is 120 cm³/mol. The third-order valence-corrected chi connectivity index (χ3v) is 6.51. The lowest BCUT2D eigenvalue weighted by molar-refractivity contribution is -0.138. The van der Waals surface area contributed by atoms with Crippen molar-refractivity contribution in [3.63, 3.8) is 0 Å². The van der Waals surface area contributed by atoms with Crippen molar-refractivity contribution in [3.8, 4) is 0 Å². The quantitative estimate of drug-likeness (QED) is 0.647. The largest absolute Gasteiger partial charge is 0.351 e. The number of carbonyl (C=O) groups excluding carboxylic acids is 3. The summed E-state index contributed by atoms with van der Waals surface area (Å²) in [5.74, 6) is -1.40. The maximum absolute atomic E-state index is 13.5. The molecule has 8 heteroatoms. The zero-order chi connectivity index (χ0) is 22.9. The lowest BCUT2D eigenvalue weighted by Gasteiger charge is -2.26. The molecule has 1 unspecified atom stereocenters. The third-order valence-electron chi connectivity index (χ3n) is 6.29. The van der Waals surface area contributed by atoms with Crippen molar-refractivity contribution in [2.45, 2.75) is 45.2 Å². The van der Waals surface area contributed by atoms with E-state index >= 15 is 0 Å². The van der Waals surface area contributed by atoms with Gasteiger partial charge in [0.2, 0.25) is 11.8 Å². The van der Waals surface area contributed by atoms with Crippen molar-refractivity contribution >= 4 is 35.0 Å². The maximum atomic E-state index is 13.5. The van der Waals surface area contributed by atoms with Crippen LogP contribution in [-0.4, -0.2) is 30.3 Å². The fourth-order valence-corrected chi connectivity index (χ4v) is 4.27. The number of carbonyl (C=O) groups is 3. The van der Waals surface area contributed by atoms with Crippen LogP contribution in [0.15, 0.2) is 42.5 Å². The van der Waals surface area contributed by atoms with Gasteiger partial charge in [-0.1, -0.05) is 17.7 Å². The topological polar surface area (TPSA) is 78.5 Å². The highest BCUT2D eigenvalue weighted by Gasteiger charge is 2.49. The van der Waals surface area contributed by atoms with Gasteiger partial charge in [-0.25, -0.2) is 4.39 Å². The predicted octanol–water partition coefficient (Wildman–Crippen LogP) is 3.82. The minimum Gasteiger partial charge on any atom is -0.351 e. The molecule has 4 rings (SSSR count). The SMILES string of the molecule is CC1(C(=O)NCc2cc(F)cc(Cl)c2)CCN(c2cccc(C(=O)NC3CCC3)c2)C1=O. The molecule has 0 radical (unpaired) electrons. The number of nitrogens with zero attached hydrogens (tertiary/aromatic N) is 1. The minimum atomic E-state index is -1.25. The molecule has 1 saturated carbocycles. The molecule has 2 fully saturated rings. The number of rotatable bonds is 6. The molecule has 2 aromatic rings. The van der Waals surface area contributed by atoms with Gasteiger partial charge in [0.25, 0.3) is 5.91 Å². The van der Waals surface area contributed by atoms with Gasteiger partial charge in [-0.15, -0.1) is 0 Å². The van der Waals surface area contributed by atoms with E-state index in [1.807, 2.05) is 0 Å². The second-order valence-corrected chi connectivity index (χ2v) is 9.09. The molecule has 32 heavy (non-hydrogen) atoms. The van der Waals surface area contributed by atoms with Crippen LogP contribution in [0.25, 0.3) is 0 Å². The summed E-state index contributed by atoms with van der Waals surface area (Å²) < 4.78 is 13.5. The molecule has 1 aliphatic carbocycles. The lowest BCUT2D eigenvalue weighted by Crippen LogP contribution is -2.44. The second-order valence-electron chi connectivity index (χ2n) is 8.65. The molecule has 1 aliphatic heterocycles. The van der Waals surface area contributed by atoms with Crippen molar-refractivity contribution < 1.29 is 18.8 Å². The molecule has 0 spiro atoms. The van der Waals surface area contributed by atoms with Crippen molar-refractivity contribution in [3.05, 3.63) is 64.4 Å². The normalized spacial score (nSPS) is 20.7. The molecule has 6 nitrogen and oxygen atoms in total. The highest BCUT2D eigenvalue weighted by Crippen LogP contribution is 2.35. The Morgan fingerprint density at radius 1 is 1.22 bits per heavy atom. The third kappa shape index (κ3) is 4.48. The van der Waals surface area contributed by atoms with Crippen LogP contribution in [0.1, 0.15) is 48.5 Å². The summed E-state index contributed by atoms with van der Waals surface area (Å²) in [5, 5.41) is 5.96. The monoisotopic (exact) mass is 457 g/mol. The van der Waals surface area contributed by atoms with E-state index in [4.69, 9.17) is 11.6 Å². The Hall–Kier alpha value is -2.93. The molecule has 0 aromatic heterocycles. The van der Waals surface area contributed by atoms with Crippen molar-refractivity contribution in [1.82, 2.24) is 10.6 Å². The molecular formula is C24H25ClFN3O3. The molecular weight excluding hydrogens is 433 g/mol. The van der Waals surface area contributed by atoms with Crippen LogP contribution in [0.3, 0.4) is 0 Å². The van der Waals surface area contributed by atoms with Gasteiger partial charge < -0.3 is 15.5 Å². The summed E-state index contributed by atoms with van der Waals surface area (Å²) in [5.41, 5.74) is 0.341. The number of anilines is 1. The fraction of sp³-hybridized carbons (Fsp3) is 0.375. The van der Waals surface area contributed by atoms with Gasteiger partial charge in [0, 0.05) is 35.4 Å². The Labute approximate surface area is 191 Å². The van der Waals surface area contributed by atoms with E-state index in [1.165, 1.54) is 12.1 Å². The number of benzene rings is 2. The number of hydrogen-bond donors (Lipinski definition) is 2. The lowest BCUT2D eigenvalue weighted by atomic mass is 9.87. The summed E-state index contributed by atoms with van der Waals surface area (Å²) in [6.07, 6.45) is 3.44. The second kappa shape index (κ2) is 8.90. The van der Waals surface area contributed by atoms with Gasteiger partial charge in [-0.3, -0.25) is 14.4 Å². The van der Waals surface area contributed by atoms with Crippen LogP contribution in [0, 0.1) is 11.2 Å². The Morgan fingerprint density at radius 3 is 2.69 bits per heavy atom. The van der Waals surface area contributed by atoms with Gasteiger partial charge in [0.05, 0.1) is 0 Å². The van der Waals surface area contributed by atoms with E-state index in [-0.39, 0.29) is 29.4 Å². The van der Waals surface area contributed by atoms with Crippen LogP contribution in [-0.2, 0) is 16.1 Å². The summed E-state index contributed by atoms with van der Waals surface area (Å²) in [6.45, 7) is 2.04. The Balaban J connectivity index is 1.43. The van der Waals surface area contributed by atoms with E-state index in [0.29, 0.717) is 29.8 Å². The number of halogens is 2. The summed E-state index contributed by atoms with van der Waals surface area (Å²) in [7, 11) is 0. The average Bonchev–Trinajstić information content (AvgIpc) is 3.04. The van der Waals surface area contributed by atoms with Crippen LogP contribution < -0.4 is 15.5 Å². The van der Waals surface area contributed by atoms with E-state index in [0.717, 1.165) is 19.3 Å². The van der Waals surface area contributed by atoms with Gasteiger partial charge in [-0.05, 0) is 74.6 Å². The fourth-order valence-electron chi connectivity index (χ4n) is 4.03. The zero-order valence-electron chi connectivity index (χ0n) is 17.8. The summed E-state index contributed by atoms with van der Waals surface area (Å²) in [4.78, 5) is 40.1. The van der Waals surface area contributed by atoms with Crippen LogP contribution in [0.5, 0.6) is 0 Å². The van der Waals surface area contributed by atoms with E-state index in [9.17, 15) is 18.8 Å².